The maximum atomic E-state index is 10.4. The minimum Gasteiger partial charge on any atom is -0.355 e. The van der Waals surface area contributed by atoms with Crippen LogP contribution in [0.1, 0.15) is 0 Å². The maximum absolute atomic E-state index is 10.4. The summed E-state index contributed by atoms with van der Waals surface area (Å²) >= 11 is 0. The molecule has 0 saturated heterocycles. The van der Waals surface area contributed by atoms with Gasteiger partial charge in [-0.25, -0.2) is 0 Å². The lowest BCUT2D eigenvalue weighted by Crippen LogP contribution is -2.08. The summed E-state index contributed by atoms with van der Waals surface area (Å²) in [5, 5.41) is 2.49. The minimum absolute atomic E-state index is 0.0358. The predicted octanol–water partition coefficient (Wildman–Crippen LogP) is 1.06. The average molecular weight is 170 g/mol. The Hall–Kier alpha value is 0.720. The Morgan fingerprint density at radius 3 is 2.62 bits per heavy atom. The molecule has 1 amide bonds. The van der Waals surface area contributed by atoms with E-state index in [2.05, 4.69) is 14.2 Å². The Balaban J connectivity index is 3.25. The van der Waals surface area contributed by atoms with Crippen molar-refractivity contribution < 1.29 is 4.79 Å². The predicted molar refractivity (Wildman–Crippen MR) is 43.6 cm³/mol. The second-order valence-corrected chi connectivity index (χ2v) is 8.03. The van der Waals surface area contributed by atoms with Gasteiger partial charge in [0.05, 0.1) is 0 Å². The number of nitrogens with two attached hydrogens (primary N) is 1. The normalized spacial score (nSPS) is 14.4. The molecule has 0 aliphatic carbocycles. The molecule has 0 aromatic rings. The third-order valence-electron chi connectivity index (χ3n) is 0.458. The summed E-state index contributed by atoms with van der Waals surface area (Å²) in [5.41, 5.74) is 5.38. The lowest BCUT2D eigenvalue weighted by Gasteiger charge is -2.00. The third-order valence-corrected chi connectivity index (χ3v) is 3.71. The topological polar surface area (TPSA) is 55.1 Å². The van der Waals surface area contributed by atoms with E-state index >= 15 is 0 Å². The Kier molecular flexibility index (Phi) is 5.00. The third kappa shape index (κ3) is 4.87. The molecule has 0 saturated carbocycles. The molecule has 0 aromatic carbocycles. The number of hydrogen-bond donors (Lipinski definition) is 2. The number of carbonyl (C=O) groups excluding carboxylic acids is 1. The van der Waals surface area contributed by atoms with Gasteiger partial charge < -0.3 is 10.8 Å². The van der Waals surface area contributed by atoms with Gasteiger partial charge in [-0.3, -0.25) is 4.79 Å². The van der Waals surface area contributed by atoms with E-state index in [1.165, 1.54) is 0 Å². The van der Waals surface area contributed by atoms with Crippen molar-refractivity contribution in [3.63, 3.8) is 0 Å². The number of rotatable bonds is 2. The summed E-state index contributed by atoms with van der Waals surface area (Å²) in [5.74, 6) is 0. The van der Waals surface area contributed by atoms with E-state index < -0.39 is 7.45 Å². The Labute approximate surface area is 53.7 Å². The molecule has 6 heteroatoms. The van der Waals surface area contributed by atoms with Gasteiger partial charge in [0, 0.05) is 22.8 Å². The largest absolute Gasteiger partial charge is 0.355 e. The van der Waals surface area contributed by atoms with Crippen molar-refractivity contribution in [2.75, 3.05) is 7.05 Å². The van der Waals surface area contributed by atoms with Gasteiger partial charge in [0.15, 0.2) is 0 Å². The highest BCUT2D eigenvalue weighted by Crippen LogP contribution is 2.55. The first-order chi connectivity index (χ1) is 3.66. The summed E-state index contributed by atoms with van der Waals surface area (Å²) in [6.07, 6.45) is 0. The highest BCUT2D eigenvalue weighted by Gasteiger charge is 1.99. The fourth-order valence-electron chi connectivity index (χ4n) is 0.173. The van der Waals surface area contributed by atoms with E-state index in [0.29, 0.717) is 0 Å². The highest BCUT2D eigenvalue weighted by atomic mass is 32.4. The highest BCUT2D eigenvalue weighted by molar-refractivity contribution is 8.50. The zero-order valence-corrected chi connectivity index (χ0v) is 7.56. The first kappa shape index (κ1) is 8.72. The van der Waals surface area contributed by atoms with E-state index in [-0.39, 0.29) is 13.9 Å². The molecule has 3 atom stereocenters. The van der Waals surface area contributed by atoms with E-state index in [0.717, 1.165) is 0 Å². The summed E-state index contributed by atoms with van der Waals surface area (Å²) < 4.78 is 0. The molecule has 0 aliphatic heterocycles. The second kappa shape index (κ2) is 4.58. The summed E-state index contributed by atoms with van der Waals surface area (Å²) in [4.78, 5) is 10.4. The monoisotopic (exact) mass is 170 g/mol. The van der Waals surface area contributed by atoms with Gasteiger partial charge in [-0.2, -0.15) is 0 Å². The standard InChI is InChI=1S/C2H9N2OP3/c1-4-2(5)7-8(3)6/h7H,3,6H2,1H3,(H,4,5). The van der Waals surface area contributed by atoms with Crippen LogP contribution >= 0.6 is 24.6 Å². The van der Waals surface area contributed by atoms with Crippen LogP contribution in [0.25, 0.3) is 0 Å². The SMILES string of the molecule is CNC(=O)PP(N)P. The fraction of sp³-hybridized carbons (Fsp3) is 0.500. The van der Waals surface area contributed by atoms with Crippen molar-refractivity contribution in [3.8, 4) is 0 Å². The van der Waals surface area contributed by atoms with E-state index in [1.807, 2.05) is 0 Å². The van der Waals surface area contributed by atoms with Gasteiger partial charge in [0.25, 0.3) is 0 Å². The number of amides is 1. The van der Waals surface area contributed by atoms with Crippen LogP contribution in [0.2, 0.25) is 0 Å². The van der Waals surface area contributed by atoms with Gasteiger partial charge in [-0.05, 0) is 0 Å². The Morgan fingerprint density at radius 2 is 2.50 bits per heavy atom. The molecule has 0 aliphatic rings. The molecule has 3 unspecified atom stereocenters. The van der Waals surface area contributed by atoms with Gasteiger partial charge in [-0.15, -0.1) is 0 Å². The Morgan fingerprint density at radius 1 is 2.00 bits per heavy atom. The van der Waals surface area contributed by atoms with Crippen LogP contribution in [-0.2, 0) is 0 Å². The molecule has 0 radical (unpaired) electrons. The van der Waals surface area contributed by atoms with Crippen LogP contribution in [0.5, 0.6) is 0 Å². The summed E-state index contributed by atoms with van der Waals surface area (Å²) in [6.45, 7) is 0. The van der Waals surface area contributed by atoms with Crippen LogP contribution in [0.3, 0.4) is 0 Å². The fourth-order valence-corrected chi connectivity index (χ4v) is 2.61. The molecular weight excluding hydrogens is 161 g/mol. The van der Waals surface area contributed by atoms with E-state index in [1.54, 1.807) is 7.05 Å². The first-order valence-corrected chi connectivity index (χ1v) is 6.81. The van der Waals surface area contributed by atoms with Crippen molar-refractivity contribution in [2.24, 2.45) is 5.50 Å². The molecular formula is C2H9N2OP3. The van der Waals surface area contributed by atoms with Gasteiger partial charge in [-0.1, -0.05) is 8.93 Å². The number of carbonyl (C=O) groups is 1. The zero-order valence-electron chi connectivity index (χ0n) is 4.51. The van der Waals surface area contributed by atoms with Crippen LogP contribution in [0, 0.1) is 0 Å². The van der Waals surface area contributed by atoms with Crippen molar-refractivity contribution >= 4 is 30.3 Å². The maximum Gasteiger partial charge on any atom is 0.243 e. The van der Waals surface area contributed by atoms with Crippen LogP contribution < -0.4 is 10.8 Å². The molecule has 3 N–H and O–H groups in total. The van der Waals surface area contributed by atoms with Crippen molar-refractivity contribution in [3.05, 3.63) is 0 Å². The number of nitrogens with one attached hydrogen (secondary N) is 1. The molecule has 0 heterocycles. The quantitative estimate of drug-likeness (QED) is 0.609. The van der Waals surface area contributed by atoms with Crippen LogP contribution in [-0.4, -0.2) is 12.7 Å². The van der Waals surface area contributed by atoms with E-state index in [9.17, 15) is 4.79 Å². The van der Waals surface area contributed by atoms with Crippen molar-refractivity contribution in [2.45, 2.75) is 0 Å². The van der Waals surface area contributed by atoms with Crippen molar-refractivity contribution in [1.29, 1.82) is 0 Å². The average Bonchev–Trinajstić information content (AvgIpc) is 1.65. The molecule has 0 bridgehead atoms. The van der Waals surface area contributed by atoms with E-state index in [4.69, 9.17) is 5.50 Å². The van der Waals surface area contributed by atoms with Gasteiger partial charge in [0.2, 0.25) is 5.65 Å². The molecule has 0 aromatic heterocycles. The smallest absolute Gasteiger partial charge is 0.243 e. The van der Waals surface area contributed by atoms with Crippen LogP contribution in [0.4, 0.5) is 4.79 Å². The molecule has 0 fully saturated rings. The molecule has 48 valence electrons. The van der Waals surface area contributed by atoms with Gasteiger partial charge in [0.1, 0.15) is 0 Å². The van der Waals surface area contributed by atoms with Crippen LogP contribution in [0.15, 0.2) is 0 Å². The molecule has 3 nitrogen and oxygen atoms in total. The lowest BCUT2D eigenvalue weighted by molar-refractivity contribution is 0.262. The molecule has 8 heavy (non-hydrogen) atoms. The lowest BCUT2D eigenvalue weighted by atomic mass is 11.2. The Bertz CT molecular complexity index is 85.4. The first-order valence-electron chi connectivity index (χ1n) is 1.94. The second-order valence-electron chi connectivity index (χ2n) is 1.10. The summed E-state index contributed by atoms with van der Waals surface area (Å²) in [7, 11) is 3.64. The van der Waals surface area contributed by atoms with Crippen molar-refractivity contribution in [1.82, 2.24) is 5.32 Å². The molecule has 0 rings (SSSR count). The summed E-state index contributed by atoms with van der Waals surface area (Å²) in [6, 6.07) is 0. The molecule has 0 spiro atoms. The zero-order chi connectivity index (χ0) is 6.57. The number of hydrogen-bond acceptors (Lipinski definition) is 2. The minimum atomic E-state index is -0.613. The van der Waals surface area contributed by atoms with Gasteiger partial charge >= 0.3 is 0 Å².